The number of fused-ring (bicyclic) bond motifs is 1. The van der Waals surface area contributed by atoms with Crippen molar-refractivity contribution < 1.29 is 9.53 Å². The lowest BCUT2D eigenvalue weighted by Gasteiger charge is -2.21. The Bertz CT molecular complexity index is 709. The van der Waals surface area contributed by atoms with Crippen LogP contribution >= 0.6 is 11.3 Å². The van der Waals surface area contributed by atoms with Crippen molar-refractivity contribution >= 4 is 22.4 Å². The Kier molecular flexibility index (Phi) is 4.63. The summed E-state index contributed by atoms with van der Waals surface area (Å²) in [5.74, 6) is 1.14. The molecule has 5 heteroatoms. The Labute approximate surface area is 146 Å². The zero-order valence-electron chi connectivity index (χ0n) is 13.7. The monoisotopic (exact) mass is 342 g/mol. The van der Waals surface area contributed by atoms with Crippen molar-refractivity contribution in [2.75, 3.05) is 18.5 Å². The van der Waals surface area contributed by atoms with E-state index in [9.17, 15) is 4.79 Å². The van der Waals surface area contributed by atoms with Crippen LogP contribution in [0.25, 0.3) is 0 Å². The standard InChI is InChI=1S/C19H22N2O2S/c22-18(12-23-11-13-6-7-13)21-19-20-16-9-8-15(10-17(16)24-19)14-4-2-1-3-5-14/h1-5,13,15H,6-12H2,(H,20,21,22)/t15-/m0/s1. The minimum absolute atomic E-state index is 0.0960. The van der Waals surface area contributed by atoms with E-state index >= 15 is 0 Å². The van der Waals surface area contributed by atoms with Gasteiger partial charge in [0.05, 0.1) is 12.3 Å². The normalized spacial score (nSPS) is 19.8. The fourth-order valence-corrected chi connectivity index (χ4v) is 4.30. The topological polar surface area (TPSA) is 51.2 Å². The quantitative estimate of drug-likeness (QED) is 0.869. The number of amides is 1. The predicted molar refractivity (Wildman–Crippen MR) is 95.5 cm³/mol. The number of nitrogens with one attached hydrogen (secondary N) is 1. The molecule has 0 saturated heterocycles. The Morgan fingerprint density at radius 1 is 1.25 bits per heavy atom. The summed E-state index contributed by atoms with van der Waals surface area (Å²) in [6, 6.07) is 10.7. The molecule has 24 heavy (non-hydrogen) atoms. The van der Waals surface area contributed by atoms with Gasteiger partial charge in [-0.1, -0.05) is 30.3 Å². The second-order valence-corrected chi connectivity index (χ2v) is 7.83. The van der Waals surface area contributed by atoms with Gasteiger partial charge < -0.3 is 4.74 Å². The van der Waals surface area contributed by atoms with Crippen molar-refractivity contribution in [3.63, 3.8) is 0 Å². The molecule has 0 radical (unpaired) electrons. The Morgan fingerprint density at radius 3 is 2.88 bits per heavy atom. The highest BCUT2D eigenvalue weighted by Gasteiger charge is 2.24. The van der Waals surface area contributed by atoms with Gasteiger partial charge in [0, 0.05) is 4.88 Å². The van der Waals surface area contributed by atoms with Gasteiger partial charge in [-0.2, -0.15) is 0 Å². The maximum atomic E-state index is 11.9. The van der Waals surface area contributed by atoms with Gasteiger partial charge in [0.1, 0.15) is 6.61 Å². The molecule has 1 heterocycles. The summed E-state index contributed by atoms with van der Waals surface area (Å²) in [5.41, 5.74) is 2.55. The molecule has 0 unspecified atom stereocenters. The molecule has 0 spiro atoms. The molecule has 2 aromatic rings. The van der Waals surface area contributed by atoms with Crippen molar-refractivity contribution in [2.45, 2.75) is 38.0 Å². The number of aryl methyl sites for hydroxylation is 1. The van der Waals surface area contributed by atoms with Gasteiger partial charge in [0.15, 0.2) is 5.13 Å². The lowest BCUT2D eigenvalue weighted by atomic mass is 9.85. The highest BCUT2D eigenvalue weighted by molar-refractivity contribution is 7.15. The molecule has 1 atom stereocenters. The number of anilines is 1. The van der Waals surface area contributed by atoms with Gasteiger partial charge in [-0.15, -0.1) is 11.3 Å². The average Bonchev–Trinajstić information content (AvgIpc) is 3.33. The maximum absolute atomic E-state index is 11.9. The van der Waals surface area contributed by atoms with Crippen molar-refractivity contribution in [3.05, 3.63) is 46.5 Å². The molecule has 2 aliphatic carbocycles. The molecular weight excluding hydrogens is 320 g/mol. The Morgan fingerprint density at radius 2 is 2.08 bits per heavy atom. The lowest BCUT2D eigenvalue weighted by Crippen LogP contribution is -2.18. The number of carbonyl (C=O) groups is 1. The van der Waals surface area contributed by atoms with Crippen LogP contribution in [-0.4, -0.2) is 24.1 Å². The van der Waals surface area contributed by atoms with Gasteiger partial charge in [-0.05, 0) is 49.5 Å². The number of rotatable bonds is 6. The molecular formula is C19H22N2O2S. The number of aromatic nitrogens is 1. The molecule has 0 bridgehead atoms. The maximum Gasteiger partial charge on any atom is 0.252 e. The SMILES string of the molecule is O=C(COCC1CC1)Nc1nc2c(s1)C[C@@H](c1ccccc1)CC2. The van der Waals surface area contributed by atoms with Crippen LogP contribution in [-0.2, 0) is 22.4 Å². The fraction of sp³-hybridized carbons (Fsp3) is 0.474. The largest absolute Gasteiger partial charge is 0.371 e. The fourth-order valence-electron chi connectivity index (χ4n) is 3.20. The van der Waals surface area contributed by atoms with Crippen molar-refractivity contribution in [3.8, 4) is 0 Å². The third kappa shape index (κ3) is 3.84. The van der Waals surface area contributed by atoms with E-state index in [1.54, 1.807) is 11.3 Å². The van der Waals surface area contributed by atoms with E-state index in [1.165, 1.54) is 23.3 Å². The number of benzene rings is 1. The van der Waals surface area contributed by atoms with Crippen LogP contribution in [0.4, 0.5) is 5.13 Å². The summed E-state index contributed by atoms with van der Waals surface area (Å²) in [4.78, 5) is 17.9. The van der Waals surface area contributed by atoms with Crippen LogP contribution in [0, 0.1) is 5.92 Å². The first-order chi connectivity index (χ1) is 11.8. The highest BCUT2D eigenvalue weighted by atomic mass is 32.1. The molecule has 1 aromatic carbocycles. The van der Waals surface area contributed by atoms with Crippen LogP contribution < -0.4 is 5.32 Å². The van der Waals surface area contributed by atoms with Gasteiger partial charge in [0.25, 0.3) is 5.91 Å². The average molecular weight is 342 g/mol. The number of thiazole rings is 1. The minimum atomic E-state index is -0.0960. The second-order valence-electron chi connectivity index (χ2n) is 6.75. The first-order valence-electron chi connectivity index (χ1n) is 8.69. The first-order valence-corrected chi connectivity index (χ1v) is 9.50. The lowest BCUT2D eigenvalue weighted by molar-refractivity contribution is -0.120. The molecule has 126 valence electrons. The van der Waals surface area contributed by atoms with Crippen LogP contribution in [0.1, 0.15) is 41.3 Å². The molecule has 1 amide bonds. The molecule has 1 aromatic heterocycles. The second kappa shape index (κ2) is 7.03. The van der Waals surface area contributed by atoms with E-state index in [-0.39, 0.29) is 12.5 Å². The van der Waals surface area contributed by atoms with Gasteiger partial charge in [0.2, 0.25) is 0 Å². The van der Waals surface area contributed by atoms with Crippen LogP contribution in [0.2, 0.25) is 0 Å². The van der Waals surface area contributed by atoms with Gasteiger partial charge >= 0.3 is 0 Å². The zero-order valence-corrected chi connectivity index (χ0v) is 14.5. The van der Waals surface area contributed by atoms with Crippen molar-refractivity contribution in [1.82, 2.24) is 4.98 Å². The molecule has 0 aliphatic heterocycles. The van der Waals surface area contributed by atoms with Crippen LogP contribution in [0.5, 0.6) is 0 Å². The van der Waals surface area contributed by atoms with E-state index < -0.39 is 0 Å². The molecule has 1 N–H and O–H groups in total. The number of carbonyl (C=O) groups excluding carboxylic acids is 1. The molecule has 1 saturated carbocycles. The smallest absolute Gasteiger partial charge is 0.252 e. The van der Waals surface area contributed by atoms with Crippen molar-refractivity contribution in [2.24, 2.45) is 5.92 Å². The van der Waals surface area contributed by atoms with Crippen LogP contribution in [0.3, 0.4) is 0 Å². The first kappa shape index (κ1) is 15.8. The number of ether oxygens (including phenoxy) is 1. The third-order valence-electron chi connectivity index (χ3n) is 4.74. The highest BCUT2D eigenvalue weighted by Crippen LogP contribution is 2.36. The van der Waals surface area contributed by atoms with Crippen molar-refractivity contribution in [1.29, 1.82) is 0 Å². The zero-order chi connectivity index (χ0) is 16.4. The van der Waals surface area contributed by atoms with E-state index in [4.69, 9.17) is 4.74 Å². The summed E-state index contributed by atoms with van der Waals surface area (Å²) >= 11 is 1.62. The number of nitrogens with zero attached hydrogens (tertiary/aromatic N) is 1. The van der Waals surface area contributed by atoms with E-state index in [0.717, 1.165) is 25.0 Å². The van der Waals surface area contributed by atoms with Crippen LogP contribution in [0.15, 0.2) is 30.3 Å². The predicted octanol–water partition coefficient (Wildman–Crippen LogP) is 3.78. The third-order valence-corrected chi connectivity index (χ3v) is 5.78. The van der Waals surface area contributed by atoms with E-state index in [0.29, 0.717) is 23.6 Å². The summed E-state index contributed by atoms with van der Waals surface area (Å²) in [7, 11) is 0. The Hall–Kier alpha value is -1.72. The van der Waals surface area contributed by atoms with Gasteiger partial charge in [-0.3, -0.25) is 10.1 Å². The Balaban J connectivity index is 1.34. The number of hydrogen-bond donors (Lipinski definition) is 1. The summed E-state index contributed by atoms with van der Waals surface area (Å²) in [6.45, 7) is 0.841. The molecule has 4 nitrogen and oxygen atoms in total. The van der Waals surface area contributed by atoms with E-state index in [2.05, 4.69) is 40.6 Å². The summed E-state index contributed by atoms with van der Waals surface area (Å²) in [6.07, 6.45) is 5.61. The summed E-state index contributed by atoms with van der Waals surface area (Å²) in [5, 5.41) is 3.61. The molecule has 4 rings (SSSR count). The summed E-state index contributed by atoms with van der Waals surface area (Å²) < 4.78 is 5.43. The molecule has 1 fully saturated rings. The number of hydrogen-bond acceptors (Lipinski definition) is 4. The van der Waals surface area contributed by atoms with E-state index in [1.807, 2.05) is 0 Å². The minimum Gasteiger partial charge on any atom is -0.371 e. The molecule has 2 aliphatic rings. The van der Waals surface area contributed by atoms with Gasteiger partial charge in [-0.25, -0.2) is 4.98 Å².